The second-order valence-corrected chi connectivity index (χ2v) is 7.11. The molecule has 3 fully saturated rings. The number of hydrogen-bond donors (Lipinski definition) is 0. The summed E-state index contributed by atoms with van der Waals surface area (Å²) in [4.78, 5) is 17.0. The number of rotatable bonds is 1. The van der Waals surface area contributed by atoms with Gasteiger partial charge in [-0.2, -0.15) is 0 Å². The Bertz CT molecular complexity index is 318. The first kappa shape index (κ1) is 13.4. The van der Waals surface area contributed by atoms with Gasteiger partial charge >= 0.3 is 0 Å². The average molecular weight is 264 g/mol. The van der Waals surface area contributed by atoms with E-state index in [1.54, 1.807) is 0 Å². The van der Waals surface area contributed by atoms with Gasteiger partial charge in [0.15, 0.2) is 0 Å². The van der Waals surface area contributed by atoms with Crippen molar-refractivity contribution >= 4 is 5.91 Å². The molecule has 3 aliphatic rings. The van der Waals surface area contributed by atoms with Gasteiger partial charge in [0.05, 0.1) is 0 Å². The van der Waals surface area contributed by atoms with Crippen LogP contribution in [0.1, 0.15) is 51.4 Å². The van der Waals surface area contributed by atoms with Gasteiger partial charge in [-0.25, -0.2) is 0 Å². The van der Waals surface area contributed by atoms with Crippen molar-refractivity contribution in [2.24, 2.45) is 11.3 Å². The SMILES string of the molecule is CN1CCC2(CCC(C(=O)N3CCCC3)CC2)CC1. The lowest BCUT2D eigenvalue weighted by Gasteiger charge is -2.45. The van der Waals surface area contributed by atoms with Gasteiger partial charge in [0, 0.05) is 19.0 Å². The molecule has 19 heavy (non-hydrogen) atoms. The second kappa shape index (κ2) is 5.43. The van der Waals surface area contributed by atoms with E-state index < -0.39 is 0 Å². The van der Waals surface area contributed by atoms with Crippen LogP contribution in [0.5, 0.6) is 0 Å². The van der Waals surface area contributed by atoms with E-state index in [0.717, 1.165) is 25.9 Å². The molecule has 0 aromatic rings. The summed E-state index contributed by atoms with van der Waals surface area (Å²) in [6.45, 7) is 4.55. The summed E-state index contributed by atoms with van der Waals surface area (Å²) in [5, 5.41) is 0. The van der Waals surface area contributed by atoms with Crippen LogP contribution in [0.25, 0.3) is 0 Å². The monoisotopic (exact) mass is 264 g/mol. The molecule has 0 bridgehead atoms. The Morgan fingerprint density at radius 1 is 0.947 bits per heavy atom. The second-order valence-electron chi connectivity index (χ2n) is 7.11. The molecule has 3 heteroatoms. The maximum Gasteiger partial charge on any atom is 0.225 e. The van der Waals surface area contributed by atoms with E-state index in [0.29, 0.717) is 17.2 Å². The molecular formula is C16H28N2O. The van der Waals surface area contributed by atoms with E-state index >= 15 is 0 Å². The average Bonchev–Trinajstić information content (AvgIpc) is 2.97. The maximum absolute atomic E-state index is 12.4. The zero-order valence-corrected chi connectivity index (χ0v) is 12.4. The summed E-state index contributed by atoms with van der Waals surface area (Å²) in [6.07, 6.45) is 10.0. The predicted molar refractivity (Wildman–Crippen MR) is 76.9 cm³/mol. The molecule has 108 valence electrons. The van der Waals surface area contributed by atoms with E-state index in [2.05, 4.69) is 16.8 Å². The molecule has 1 saturated carbocycles. The van der Waals surface area contributed by atoms with Gasteiger partial charge in [-0.3, -0.25) is 4.79 Å². The van der Waals surface area contributed by atoms with Crippen molar-refractivity contribution in [1.29, 1.82) is 0 Å². The molecule has 0 aromatic carbocycles. The molecular weight excluding hydrogens is 236 g/mol. The van der Waals surface area contributed by atoms with Crippen molar-refractivity contribution in [3.63, 3.8) is 0 Å². The standard InChI is InChI=1S/C16H28N2O/c1-17-12-8-16(9-13-17)6-4-14(5-7-16)15(19)18-10-2-3-11-18/h14H,2-13H2,1H3. The summed E-state index contributed by atoms with van der Waals surface area (Å²) in [7, 11) is 2.23. The quantitative estimate of drug-likeness (QED) is 0.726. The largest absolute Gasteiger partial charge is 0.342 e. The molecule has 2 heterocycles. The van der Waals surface area contributed by atoms with Gasteiger partial charge in [-0.15, -0.1) is 0 Å². The van der Waals surface area contributed by atoms with Gasteiger partial charge < -0.3 is 9.80 Å². The minimum absolute atomic E-state index is 0.350. The third kappa shape index (κ3) is 2.81. The summed E-state index contributed by atoms with van der Waals surface area (Å²) >= 11 is 0. The fourth-order valence-corrected chi connectivity index (χ4v) is 4.27. The van der Waals surface area contributed by atoms with Crippen molar-refractivity contribution in [2.45, 2.75) is 51.4 Å². The third-order valence-corrected chi connectivity index (χ3v) is 5.86. The van der Waals surface area contributed by atoms with E-state index in [4.69, 9.17) is 0 Å². The number of nitrogens with zero attached hydrogens (tertiary/aromatic N) is 2. The van der Waals surface area contributed by atoms with E-state index in [1.807, 2.05) is 0 Å². The van der Waals surface area contributed by atoms with Gasteiger partial charge in [0.1, 0.15) is 0 Å². The van der Waals surface area contributed by atoms with Gasteiger partial charge in [-0.1, -0.05) is 0 Å². The number of hydrogen-bond acceptors (Lipinski definition) is 2. The van der Waals surface area contributed by atoms with Crippen LogP contribution in [0.15, 0.2) is 0 Å². The van der Waals surface area contributed by atoms with E-state index in [-0.39, 0.29) is 0 Å². The molecule has 3 rings (SSSR count). The Morgan fingerprint density at radius 2 is 1.53 bits per heavy atom. The highest BCUT2D eigenvalue weighted by Crippen LogP contribution is 2.46. The van der Waals surface area contributed by atoms with Crippen LogP contribution >= 0.6 is 0 Å². The Hall–Kier alpha value is -0.570. The zero-order valence-electron chi connectivity index (χ0n) is 12.4. The minimum Gasteiger partial charge on any atom is -0.342 e. The summed E-state index contributed by atoms with van der Waals surface area (Å²) < 4.78 is 0. The lowest BCUT2D eigenvalue weighted by Crippen LogP contribution is -2.43. The van der Waals surface area contributed by atoms with Crippen molar-refractivity contribution < 1.29 is 4.79 Å². The van der Waals surface area contributed by atoms with Crippen molar-refractivity contribution in [3.8, 4) is 0 Å². The highest BCUT2D eigenvalue weighted by atomic mass is 16.2. The van der Waals surface area contributed by atoms with E-state index in [1.165, 1.54) is 51.6 Å². The zero-order chi connectivity index (χ0) is 13.3. The first-order valence-electron chi connectivity index (χ1n) is 8.16. The Labute approximate surface area is 117 Å². The number of amides is 1. The van der Waals surface area contributed by atoms with Gasteiger partial charge in [-0.05, 0) is 76.9 Å². The van der Waals surface area contributed by atoms with Crippen molar-refractivity contribution in [2.75, 3.05) is 33.2 Å². The Morgan fingerprint density at radius 3 is 2.11 bits per heavy atom. The van der Waals surface area contributed by atoms with Crippen LogP contribution < -0.4 is 0 Å². The Kier molecular flexibility index (Phi) is 3.84. The molecule has 1 spiro atoms. The van der Waals surface area contributed by atoms with Crippen LogP contribution in [0.2, 0.25) is 0 Å². The van der Waals surface area contributed by atoms with Gasteiger partial charge in [0.2, 0.25) is 5.91 Å². The minimum atomic E-state index is 0.350. The topological polar surface area (TPSA) is 23.6 Å². The first-order chi connectivity index (χ1) is 9.19. The molecule has 0 radical (unpaired) electrons. The fraction of sp³-hybridized carbons (Fsp3) is 0.938. The molecule has 0 N–H and O–H groups in total. The third-order valence-electron chi connectivity index (χ3n) is 5.86. The van der Waals surface area contributed by atoms with Crippen molar-refractivity contribution in [3.05, 3.63) is 0 Å². The number of carbonyl (C=O) groups is 1. The predicted octanol–water partition coefficient (Wildman–Crippen LogP) is 2.51. The lowest BCUT2D eigenvalue weighted by molar-refractivity contribution is -0.136. The summed E-state index contributed by atoms with van der Waals surface area (Å²) in [6, 6.07) is 0. The van der Waals surface area contributed by atoms with Crippen LogP contribution in [0.4, 0.5) is 0 Å². The molecule has 2 saturated heterocycles. The van der Waals surface area contributed by atoms with Crippen LogP contribution in [-0.2, 0) is 4.79 Å². The molecule has 0 aromatic heterocycles. The van der Waals surface area contributed by atoms with E-state index in [9.17, 15) is 4.79 Å². The summed E-state index contributed by atoms with van der Waals surface area (Å²) in [5.41, 5.74) is 0.592. The van der Waals surface area contributed by atoms with Crippen molar-refractivity contribution in [1.82, 2.24) is 9.80 Å². The van der Waals surface area contributed by atoms with Gasteiger partial charge in [0.25, 0.3) is 0 Å². The molecule has 1 amide bonds. The Balaban J connectivity index is 1.53. The number of likely N-dealkylation sites (tertiary alicyclic amines) is 2. The molecule has 0 unspecified atom stereocenters. The highest BCUT2D eigenvalue weighted by molar-refractivity contribution is 5.79. The van der Waals surface area contributed by atoms with Crippen LogP contribution in [0, 0.1) is 11.3 Å². The molecule has 1 aliphatic carbocycles. The number of carbonyl (C=O) groups excluding carboxylic acids is 1. The summed E-state index contributed by atoms with van der Waals surface area (Å²) in [5.74, 6) is 0.823. The first-order valence-corrected chi connectivity index (χ1v) is 8.16. The van der Waals surface area contributed by atoms with Crippen LogP contribution in [0.3, 0.4) is 0 Å². The smallest absolute Gasteiger partial charge is 0.225 e. The highest BCUT2D eigenvalue weighted by Gasteiger charge is 2.40. The fourth-order valence-electron chi connectivity index (χ4n) is 4.27. The number of piperidine rings is 1. The van der Waals surface area contributed by atoms with Crippen LogP contribution in [-0.4, -0.2) is 48.9 Å². The molecule has 0 atom stereocenters. The molecule has 3 nitrogen and oxygen atoms in total. The maximum atomic E-state index is 12.4. The molecule has 2 aliphatic heterocycles. The normalized spacial score (nSPS) is 29.0. The lowest BCUT2D eigenvalue weighted by atomic mass is 9.65.